The van der Waals surface area contributed by atoms with Crippen LogP contribution < -0.4 is 14.8 Å². The molecule has 2 aromatic carbocycles. The fraction of sp³-hybridized carbons (Fsp3) is 0.400. The molecule has 0 amide bonds. The molecule has 3 aromatic rings. The van der Waals surface area contributed by atoms with Gasteiger partial charge in [0.15, 0.2) is 11.6 Å². The minimum Gasteiger partial charge on any atom is -0.497 e. The topological polar surface area (TPSA) is 66.9 Å². The lowest BCUT2D eigenvalue weighted by Crippen LogP contribution is -2.44. The van der Waals surface area contributed by atoms with Crippen LogP contribution in [-0.2, 0) is 0 Å². The molecule has 1 aromatic heterocycles. The molecule has 8 heteroatoms. The second-order valence-corrected chi connectivity index (χ2v) is 8.23. The number of hydrogen-bond acceptors (Lipinski definition) is 6. The van der Waals surface area contributed by atoms with Crippen LogP contribution in [0.15, 0.2) is 48.7 Å². The smallest absolute Gasteiger partial charge is 0.200 e. The molecule has 0 radical (unpaired) electrons. The number of rotatable bonds is 9. The molecule has 1 aliphatic rings. The first-order chi connectivity index (χ1) is 16.0. The maximum atomic E-state index is 13.6. The van der Waals surface area contributed by atoms with E-state index in [-0.39, 0.29) is 12.4 Å². The number of likely N-dealkylation sites (tertiary alicyclic amines) is 1. The van der Waals surface area contributed by atoms with E-state index in [4.69, 9.17) is 9.47 Å². The van der Waals surface area contributed by atoms with Crippen LogP contribution in [-0.4, -0.2) is 60.9 Å². The summed E-state index contributed by atoms with van der Waals surface area (Å²) in [5.74, 6) is -1.19. The number of fused-ring (bicyclic) bond motifs is 1. The zero-order valence-corrected chi connectivity index (χ0v) is 18.6. The molecular weight excluding hydrogens is 428 g/mol. The zero-order chi connectivity index (χ0) is 23.2. The third-order valence-corrected chi connectivity index (χ3v) is 6.07. The molecule has 6 nitrogen and oxygen atoms in total. The molecule has 4 rings (SSSR count). The summed E-state index contributed by atoms with van der Waals surface area (Å²) in [6.07, 6.45) is 2.97. The van der Waals surface area contributed by atoms with Crippen LogP contribution in [0, 0.1) is 11.6 Å². The van der Waals surface area contributed by atoms with Crippen LogP contribution in [0.1, 0.15) is 24.5 Å². The molecule has 0 unspecified atom stereocenters. The van der Waals surface area contributed by atoms with Gasteiger partial charge in [0.05, 0.1) is 18.7 Å². The number of methoxy groups -OCH3 is 1. The Morgan fingerprint density at radius 3 is 2.79 bits per heavy atom. The molecule has 1 atom stereocenters. The Bertz CT molecular complexity index is 1070. The first kappa shape index (κ1) is 23.4. The van der Waals surface area contributed by atoms with Crippen molar-refractivity contribution in [2.45, 2.75) is 25.0 Å². The number of halogens is 2. The lowest BCUT2D eigenvalue weighted by Gasteiger charge is -2.33. The maximum Gasteiger partial charge on any atom is 0.200 e. The fourth-order valence-corrected chi connectivity index (χ4v) is 4.25. The monoisotopic (exact) mass is 457 g/mol. The minimum atomic E-state index is -0.954. The Kier molecular flexibility index (Phi) is 7.69. The summed E-state index contributed by atoms with van der Waals surface area (Å²) in [6.45, 7) is 3.08. The lowest BCUT2D eigenvalue weighted by molar-refractivity contribution is 0.0945. The number of β-amino-alcohol motifs (C(OH)–C–C–N with tert-alkyl or cyclic N) is 1. The van der Waals surface area contributed by atoms with Crippen molar-refractivity contribution in [2.75, 3.05) is 39.9 Å². The molecular formula is C25H29F2N3O3. The van der Waals surface area contributed by atoms with E-state index in [1.165, 1.54) is 12.1 Å². The largest absolute Gasteiger partial charge is 0.497 e. The lowest BCUT2D eigenvalue weighted by atomic mass is 10.0. The van der Waals surface area contributed by atoms with Crippen LogP contribution in [0.4, 0.5) is 8.78 Å². The number of piperidine rings is 1. The number of nitrogens with zero attached hydrogens (tertiary/aromatic N) is 2. The predicted octanol–water partition coefficient (Wildman–Crippen LogP) is 3.69. The Labute approximate surface area is 192 Å². The van der Waals surface area contributed by atoms with Gasteiger partial charge in [0, 0.05) is 30.7 Å². The highest BCUT2D eigenvalue weighted by Gasteiger charge is 2.22. The number of benzene rings is 2. The summed E-state index contributed by atoms with van der Waals surface area (Å²) >= 11 is 0. The van der Waals surface area contributed by atoms with Crippen molar-refractivity contribution in [1.82, 2.24) is 15.2 Å². The standard InChI is InChI=1S/C25H29F2N3O3/c1-32-18-5-6-22-20(15-18)19(7-10-29-22)23(31)16-30-12-8-17(9-13-30)28-11-14-33-24-4-2-3-21(26)25(24)27/h2-7,10,15,17,23,28,31H,8-9,11-14,16H2,1H3/t23-/m0/s1. The highest BCUT2D eigenvalue weighted by atomic mass is 19.2. The quantitative estimate of drug-likeness (QED) is 0.478. The van der Waals surface area contributed by atoms with Crippen molar-refractivity contribution in [2.24, 2.45) is 0 Å². The van der Waals surface area contributed by atoms with Crippen molar-refractivity contribution in [3.8, 4) is 11.5 Å². The van der Waals surface area contributed by atoms with E-state index in [1.54, 1.807) is 13.3 Å². The van der Waals surface area contributed by atoms with Gasteiger partial charge in [-0.15, -0.1) is 0 Å². The van der Waals surface area contributed by atoms with Crippen molar-refractivity contribution in [1.29, 1.82) is 0 Å². The third-order valence-electron chi connectivity index (χ3n) is 6.07. The molecule has 2 N–H and O–H groups in total. The van der Waals surface area contributed by atoms with Gasteiger partial charge >= 0.3 is 0 Å². The highest BCUT2D eigenvalue weighted by molar-refractivity contribution is 5.83. The summed E-state index contributed by atoms with van der Waals surface area (Å²) < 4.78 is 37.5. The summed E-state index contributed by atoms with van der Waals surface area (Å²) in [5.41, 5.74) is 1.68. The van der Waals surface area contributed by atoms with E-state index in [0.29, 0.717) is 19.1 Å². The van der Waals surface area contributed by atoms with Gasteiger partial charge in [-0.1, -0.05) is 6.07 Å². The van der Waals surface area contributed by atoms with Gasteiger partial charge < -0.3 is 24.8 Å². The molecule has 33 heavy (non-hydrogen) atoms. The Hall–Kier alpha value is -2.81. The fourth-order valence-electron chi connectivity index (χ4n) is 4.25. The Morgan fingerprint density at radius 2 is 2.00 bits per heavy atom. The average molecular weight is 458 g/mol. The first-order valence-electron chi connectivity index (χ1n) is 11.2. The number of aliphatic hydroxyl groups is 1. The predicted molar refractivity (Wildman–Crippen MR) is 123 cm³/mol. The van der Waals surface area contributed by atoms with Crippen LogP contribution in [0.3, 0.4) is 0 Å². The molecule has 0 saturated carbocycles. The normalized spacial score (nSPS) is 16.1. The van der Waals surface area contributed by atoms with Crippen LogP contribution in [0.5, 0.6) is 11.5 Å². The number of pyridine rings is 1. The van der Waals surface area contributed by atoms with E-state index < -0.39 is 17.7 Å². The summed E-state index contributed by atoms with van der Waals surface area (Å²) in [6, 6.07) is 11.8. The molecule has 0 spiro atoms. The van der Waals surface area contributed by atoms with Gasteiger partial charge in [0.2, 0.25) is 5.82 Å². The molecule has 1 fully saturated rings. The van der Waals surface area contributed by atoms with Crippen molar-refractivity contribution in [3.63, 3.8) is 0 Å². The highest BCUT2D eigenvalue weighted by Crippen LogP contribution is 2.27. The number of ether oxygens (including phenoxy) is 2. The molecule has 2 heterocycles. The van der Waals surface area contributed by atoms with E-state index in [2.05, 4.69) is 15.2 Å². The third kappa shape index (κ3) is 5.76. The first-order valence-corrected chi connectivity index (χ1v) is 11.2. The molecule has 1 aliphatic heterocycles. The number of aromatic nitrogens is 1. The summed E-state index contributed by atoms with van der Waals surface area (Å²) in [4.78, 5) is 6.64. The van der Waals surface area contributed by atoms with Gasteiger partial charge in [-0.3, -0.25) is 4.98 Å². The summed E-state index contributed by atoms with van der Waals surface area (Å²) in [7, 11) is 1.62. The van der Waals surface area contributed by atoms with E-state index >= 15 is 0 Å². The van der Waals surface area contributed by atoms with E-state index in [0.717, 1.165) is 54.2 Å². The molecule has 176 valence electrons. The molecule has 0 bridgehead atoms. The van der Waals surface area contributed by atoms with Crippen LogP contribution in [0.25, 0.3) is 10.9 Å². The van der Waals surface area contributed by atoms with Gasteiger partial charge in [-0.25, -0.2) is 4.39 Å². The van der Waals surface area contributed by atoms with Crippen molar-refractivity contribution < 1.29 is 23.4 Å². The number of aliphatic hydroxyl groups excluding tert-OH is 1. The Balaban J connectivity index is 1.23. The van der Waals surface area contributed by atoms with E-state index in [1.807, 2.05) is 24.3 Å². The van der Waals surface area contributed by atoms with Crippen molar-refractivity contribution in [3.05, 3.63) is 65.9 Å². The average Bonchev–Trinajstić information content (AvgIpc) is 2.84. The summed E-state index contributed by atoms with van der Waals surface area (Å²) in [5, 5.41) is 15.2. The zero-order valence-electron chi connectivity index (χ0n) is 18.6. The molecule has 0 aliphatic carbocycles. The van der Waals surface area contributed by atoms with Crippen LogP contribution >= 0.6 is 0 Å². The molecule has 1 saturated heterocycles. The van der Waals surface area contributed by atoms with E-state index in [9.17, 15) is 13.9 Å². The second-order valence-electron chi connectivity index (χ2n) is 8.23. The van der Waals surface area contributed by atoms with Gasteiger partial charge in [0.25, 0.3) is 0 Å². The SMILES string of the molecule is COc1ccc2nccc([C@@H](O)CN3CCC(NCCOc4cccc(F)c4F)CC3)c2c1. The van der Waals surface area contributed by atoms with Crippen molar-refractivity contribution >= 4 is 10.9 Å². The minimum absolute atomic E-state index is 0.0677. The maximum absolute atomic E-state index is 13.6. The van der Waals surface area contributed by atoms with Gasteiger partial charge in [-0.05, 0) is 67.9 Å². The van der Waals surface area contributed by atoms with Gasteiger partial charge in [0.1, 0.15) is 12.4 Å². The number of hydrogen-bond donors (Lipinski definition) is 2. The van der Waals surface area contributed by atoms with Crippen LogP contribution in [0.2, 0.25) is 0 Å². The van der Waals surface area contributed by atoms with Gasteiger partial charge in [-0.2, -0.15) is 4.39 Å². The Morgan fingerprint density at radius 1 is 1.18 bits per heavy atom. The second kappa shape index (κ2) is 10.9. The number of nitrogens with one attached hydrogen (secondary N) is 1.